The van der Waals surface area contributed by atoms with E-state index in [9.17, 15) is 9.59 Å². The summed E-state index contributed by atoms with van der Waals surface area (Å²) in [5.41, 5.74) is 0.989. The summed E-state index contributed by atoms with van der Waals surface area (Å²) in [6.07, 6.45) is 4.35. The first kappa shape index (κ1) is 18.0. The first-order valence-electron chi connectivity index (χ1n) is 7.76. The molecule has 0 heterocycles. The molecule has 5 nitrogen and oxygen atoms in total. The van der Waals surface area contributed by atoms with Gasteiger partial charge >= 0.3 is 11.9 Å². The molecule has 0 saturated carbocycles. The van der Waals surface area contributed by atoms with E-state index in [0.717, 1.165) is 37.9 Å². The monoisotopic (exact) mass is 307 g/mol. The molecule has 0 fully saturated rings. The Kier molecular flexibility index (Phi) is 7.43. The summed E-state index contributed by atoms with van der Waals surface area (Å²) >= 11 is 0. The van der Waals surface area contributed by atoms with Crippen LogP contribution in [0.25, 0.3) is 0 Å². The second kappa shape index (κ2) is 9.07. The van der Waals surface area contributed by atoms with Crippen LogP contribution in [-0.4, -0.2) is 35.2 Å². The predicted octanol–water partition coefficient (Wildman–Crippen LogP) is 3.49. The Morgan fingerprint density at radius 3 is 2.50 bits per heavy atom. The van der Waals surface area contributed by atoms with Gasteiger partial charge in [0.1, 0.15) is 0 Å². The highest BCUT2D eigenvalue weighted by Crippen LogP contribution is 2.19. The summed E-state index contributed by atoms with van der Waals surface area (Å²) in [4.78, 5) is 24.2. The number of nitrogens with zero attached hydrogens (tertiary/aromatic N) is 1. The molecule has 0 aliphatic rings. The first-order chi connectivity index (χ1) is 10.5. The average molecular weight is 307 g/mol. The lowest BCUT2D eigenvalue weighted by Gasteiger charge is -2.27. The van der Waals surface area contributed by atoms with Crippen molar-refractivity contribution in [2.24, 2.45) is 5.92 Å². The Bertz CT molecular complexity index is 501. The van der Waals surface area contributed by atoms with Crippen molar-refractivity contribution < 1.29 is 19.8 Å². The number of anilines is 1. The minimum atomic E-state index is -0.973. The number of aromatic carboxylic acids is 1. The maximum atomic E-state index is 11.1. The number of hydrogen-bond acceptors (Lipinski definition) is 3. The molecule has 22 heavy (non-hydrogen) atoms. The maximum Gasteiger partial charge on any atom is 0.335 e. The molecule has 0 spiro atoms. The van der Waals surface area contributed by atoms with Crippen molar-refractivity contribution in [2.45, 2.75) is 39.5 Å². The van der Waals surface area contributed by atoms with E-state index >= 15 is 0 Å². The number of aliphatic carboxylic acids is 1. The molecule has 0 aromatic heterocycles. The Morgan fingerprint density at radius 1 is 1.18 bits per heavy atom. The summed E-state index contributed by atoms with van der Waals surface area (Å²) in [7, 11) is 0. The maximum absolute atomic E-state index is 11.1. The molecule has 1 rings (SSSR count). The zero-order valence-corrected chi connectivity index (χ0v) is 13.3. The Morgan fingerprint density at radius 2 is 1.91 bits per heavy atom. The van der Waals surface area contributed by atoms with Crippen LogP contribution in [-0.2, 0) is 4.79 Å². The Balaban J connectivity index is 2.85. The van der Waals surface area contributed by atoms with E-state index in [2.05, 4.69) is 6.92 Å². The fraction of sp³-hybridized carbons (Fsp3) is 0.529. The fourth-order valence-corrected chi connectivity index (χ4v) is 2.30. The van der Waals surface area contributed by atoms with Crippen LogP contribution in [0.15, 0.2) is 24.3 Å². The summed E-state index contributed by atoms with van der Waals surface area (Å²) in [6.45, 7) is 4.92. The SMILES string of the molecule is CCCCCCN(CC(C)C(=O)O)c1cccc(C(=O)O)c1. The van der Waals surface area contributed by atoms with E-state index in [4.69, 9.17) is 10.2 Å². The molecule has 122 valence electrons. The molecule has 0 aliphatic heterocycles. The van der Waals surface area contributed by atoms with Crippen molar-refractivity contribution >= 4 is 17.6 Å². The van der Waals surface area contributed by atoms with Gasteiger partial charge in [-0.3, -0.25) is 4.79 Å². The van der Waals surface area contributed by atoms with Crippen LogP contribution in [0.4, 0.5) is 5.69 Å². The standard InChI is InChI=1S/C17H25NO4/c1-3-4-5-6-10-18(12-13(2)16(19)20)15-9-7-8-14(11-15)17(21)22/h7-9,11,13H,3-6,10,12H2,1-2H3,(H,19,20)(H,21,22). The van der Waals surface area contributed by atoms with E-state index in [1.807, 2.05) is 11.0 Å². The second-order valence-electron chi connectivity index (χ2n) is 5.60. The molecule has 1 aromatic carbocycles. The van der Waals surface area contributed by atoms with Crippen molar-refractivity contribution in [3.8, 4) is 0 Å². The number of unbranched alkanes of at least 4 members (excludes halogenated alkanes) is 3. The Labute approximate surface area is 131 Å². The molecular formula is C17H25NO4. The van der Waals surface area contributed by atoms with Gasteiger partial charge in [-0.1, -0.05) is 39.2 Å². The second-order valence-corrected chi connectivity index (χ2v) is 5.60. The van der Waals surface area contributed by atoms with Crippen molar-refractivity contribution in [1.29, 1.82) is 0 Å². The van der Waals surface area contributed by atoms with Crippen LogP contribution in [0.5, 0.6) is 0 Å². The lowest BCUT2D eigenvalue weighted by molar-refractivity contribution is -0.140. The van der Waals surface area contributed by atoms with Crippen molar-refractivity contribution in [1.82, 2.24) is 0 Å². The van der Waals surface area contributed by atoms with Gasteiger partial charge in [-0.05, 0) is 24.6 Å². The predicted molar refractivity (Wildman–Crippen MR) is 86.6 cm³/mol. The normalized spacial score (nSPS) is 11.9. The van der Waals surface area contributed by atoms with Crippen LogP contribution >= 0.6 is 0 Å². The van der Waals surface area contributed by atoms with Crippen molar-refractivity contribution in [2.75, 3.05) is 18.0 Å². The molecule has 0 saturated heterocycles. The molecule has 0 bridgehead atoms. The molecule has 0 radical (unpaired) electrons. The number of carboxylic acids is 2. The summed E-state index contributed by atoms with van der Waals surface area (Å²) in [5.74, 6) is -2.31. The third-order valence-electron chi connectivity index (χ3n) is 3.66. The van der Waals surface area contributed by atoms with Gasteiger partial charge < -0.3 is 15.1 Å². The van der Waals surface area contributed by atoms with Crippen LogP contribution < -0.4 is 4.90 Å². The van der Waals surface area contributed by atoms with Gasteiger partial charge in [0, 0.05) is 18.8 Å². The highest BCUT2D eigenvalue weighted by molar-refractivity contribution is 5.88. The highest BCUT2D eigenvalue weighted by Gasteiger charge is 2.17. The summed E-state index contributed by atoms with van der Waals surface area (Å²) in [5, 5.41) is 18.2. The van der Waals surface area contributed by atoms with Crippen LogP contribution in [0.3, 0.4) is 0 Å². The molecular weight excluding hydrogens is 282 g/mol. The molecule has 1 aromatic rings. The minimum absolute atomic E-state index is 0.221. The van der Waals surface area contributed by atoms with Crippen LogP contribution in [0.2, 0.25) is 0 Å². The minimum Gasteiger partial charge on any atom is -0.481 e. The largest absolute Gasteiger partial charge is 0.481 e. The molecule has 0 aliphatic carbocycles. The van der Waals surface area contributed by atoms with Gasteiger partial charge in [-0.25, -0.2) is 4.79 Å². The Hall–Kier alpha value is -2.04. The molecule has 1 atom stereocenters. The van der Waals surface area contributed by atoms with Gasteiger partial charge in [0.2, 0.25) is 0 Å². The van der Waals surface area contributed by atoms with Crippen LogP contribution in [0.1, 0.15) is 49.9 Å². The third kappa shape index (κ3) is 5.76. The summed E-state index contributed by atoms with van der Waals surface area (Å²) in [6, 6.07) is 6.68. The zero-order chi connectivity index (χ0) is 16.5. The quantitative estimate of drug-likeness (QED) is 0.647. The summed E-state index contributed by atoms with van der Waals surface area (Å²) < 4.78 is 0. The molecule has 1 unspecified atom stereocenters. The topological polar surface area (TPSA) is 77.8 Å². The highest BCUT2D eigenvalue weighted by atomic mass is 16.4. The molecule has 5 heteroatoms. The number of rotatable bonds is 10. The zero-order valence-electron chi connectivity index (χ0n) is 13.3. The van der Waals surface area contributed by atoms with Gasteiger partial charge in [-0.2, -0.15) is 0 Å². The third-order valence-corrected chi connectivity index (χ3v) is 3.66. The van der Waals surface area contributed by atoms with Crippen molar-refractivity contribution in [3.05, 3.63) is 29.8 Å². The first-order valence-corrected chi connectivity index (χ1v) is 7.76. The molecule has 2 N–H and O–H groups in total. The van der Waals surface area contributed by atoms with Gasteiger partial charge in [0.15, 0.2) is 0 Å². The van der Waals surface area contributed by atoms with E-state index in [1.54, 1.807) is 25.1 Å². The number of carbonyl (C=O) groups is 2. The molecule has 0 amide bonds. The lowest BCUT2D eigenvalue weighted by Crippen LogP contribution is -2.32. The lowest BCUT2D eigenvalue weighted by atomic mass is 10.1. The van der Waals surface area contributed by atoms with Gasteiger partial charge in [0.05, 0.1) is 11.5 Å². The van der Waals surface area contributed by atoms with E-state index < -0.39 is 17.9 Å². The fourth-order valence-electron chi connectivity index (χ4n) is 2.30. The smallest absolute Gasteiger partial charge is 0.335 e. The number of hydrogen-bond donors (Lipinski definition) is 2. The van der Waals surface area contributed by atoms with E-state index in [1.165, 1.54) is 0 Å². The van der Waals surface area contributed by atoms with Crippen LogP contribution in [0, 0.1) is 5.92 Å². The van der Waals surface area contributed by atoms with E-state index in [0.29, 0.717) is 6.54 Å². The number of benzene rings is 1. The van der Waals surface area contributed by atoms with Gasteiger partial charge in [-0.15, -0.1) is 0 Å². The van der Waals surface area contributed by atoms with Gasteiger partial charge in [0.25, 0.3) is 0 Å². The van der Waals surface area contributed by atoms with E-state index in [-0.39, 0.29) is 5.56 Å². The van der Waals surface area contributed by atoms with Crippen molar-refractivity contribution in [3.63, 3.8) is 0 Å². The number of carboxylic acid groups (broad SMARTS) is 2. The average Bonchev–Trinajstić information content (AvgIpc) is 2.50.